The van der Waals surface area contributed by atoms with Crippen molar-refractivity contribution in [3.8, 4) is 17.7 Å². The fraction of sp³-hybridized carbons (Fsp3) is 0.333. The molecule has 1 fully saturated rings. The Balaban J connectivity index is 1.51. The van der Waals surface area contributed by atoms with E-state index in [0.29, 0.717) is 11.0 Å². The minimum atomic E-state index is -2.68. The lowest BCUT2D eigenvalue weighted by atomic mass is 9.85. The predicted octanol–water partition coefficient (Wildman–Crippen LogP) is 4.75. The zero-order valence-electron chi connectivity index (χ0n) is 19.2. The minimum Gasteiger partial charge on any atom is -0.463 e. The van der Waals surface area contributed by atoms with Crippen molar-refractivity contribution >= 4 is 39.5 Å². The number of alkyl halides is 2. The molecule has 1 aromatic carbocycles. The highest BCUT2D eigenvalue weighted by Crippen LogP contribution is 2.68. The first-order chi connectivity index (χ1) is 17.2. The molecule has 3 N–H and O–H groups in total. The number of thioether (sulfide) groups is 1. The number of fused-ring (bicyclic) bond motifs is 2. The van der Waals surface area contributed by atoms with Crippen LogP contribution in [-0.2, 0) is 5.54 Å². The Kier molecular flexibility index (Phi) is 5.90. The van der Waals surface area contributed by atoms with Crippen molar-refractivity contribution < 1.29 is 22.3 Å². The molecule has 36 heavy (non-hydrogen) atoms. The molecule has 0 amide bonds. The van der Waals surface area contributed by atoms with Gasteiger partial charge >= 0.3 is 0 Å². The van der Waals surface area contributed by atoms with E-state index >= 15 is 4.39 Å². The quantitative estimate of drug-likeness (QED) is 0.360. The number of nitrogens with two attached hydrogens (primary N) is 1. The molecule has 12 heteroatoms. The largest absolute Gasteiger partial charge is 0.463 e. The normalized spacial score (nSPS) is 24.5. The van der Waals surface area contributed by atoms with E-state index in [1.54, 1.807) is 13.0 Å². The van der Waals surface area contributed by atoms with Gasteiger partial charge in [-0.2, -0.15) is 0 Å². The second-order valence-electron chi connectivity index (χ2n) is 8.61. The lowest BCUT2D eigenvalue weighted by Gasteiger charge is -2.34. The van der Waals surface area contributed by atoms with Gasteiger partial charge in [-0.15, -0.1) is 5.92 Å². The molecule has 7 nitrogen and oxygen atoms in total. The van der Waals surface area contributed by atoms with Crippen molar-refractivity contribution in [2.24, 2.45) is 16.6 Å². The van der Waals surface area contributed by atoms with Gasteiger partial charge in [0, 0.05) is 29.4 Å². The Hall–Kier alpha value is -3.59. The summed E-state index contributed by atoms with van der Waals surface area (Å²) in [6.07, 6.45) is 0.278. The molecule has 3 atom stereocenters. The maximum Gasteiger partial charge on any atom is 0.253 e. The first-order valence-corrected chi connectivity index (χ1v) is 11.7. The number of pyridine rings is 1. The van der Waals surface area contributed by atoms with Crippen LogP contribution in [0.15, 0.2) is 35.6 Å². The van der Waals surface area contributed by atoms with Gasteiger partial charge in [0.2, 0.25) is 5.88 Å². The van der Waals surface area contributed by atoms with Crippen molar-refractivity contribution in [2.45, 2.75) is 37.0 Å². The number of anilines is 2. The van der Waals surface area contributed by atoms with Gasteiger partial charge < -0.3 is 15.8 Å². The average molecular weight is 517 g/mol. The summed E-state index contributed by atoms with van der Waals surface area (Å²) in [4.78, 5) is 17.2. The van der Waals surface area contributed by atoms with Gasteiger partial charge in [-0.05, 0) is 32.4 Å². The predicted molar refractivity (Wildman–Crippen MR) is 129 cm³/mol. The van der Waals surface area contributed by atoms with E-state index in [9.17, 15) is 13.2 Å². The summed E-state index contributed by atoms with van der Waals surface area (Å²) in [5, 5.41) is 2.85. The Morgan fingerprint density at radius 1 is 1.31 bits per heavy atom. The SMILES string of the molecule is CC#CCOc1cnc2c(Nc3cc(F)c(F)c([C@@]4(C)N=C(N)S[C@@]5(C(F)F)CC54)c3)nccc2n1. The van der Waals surface area contributed by atoms with Gasteiger partial charge in [0.15, 0.2) is 29.2 Å². The van der Waals surface area contributed by atoms with Gasteiger partial charge in [-0.1, -0.05) is 17.7 Å². The standard InChI is InChI=1S/C24H20F4N6OS/c1-3-4-7-35-17-11-31-19-15(33-17)5-6-30-20(19)32-12-8-13(18(26)14(25)9-12)23(2)16-10-24(16,21(27)28)36-22(29)34-23/h5-6,8-9,11,16,21H,7,10H2,1-2H3,(H2,29,34)(H,30,32)/t16?,23-,24+/m1/s1. The second-order valence-corrected chi connectivity index (χ2v) is 9.99. The molecule has 1 unspecified atom stereocenters. The Bertz CT molecular complexity index is 1460. The highest BCUT2D eigenvalue weighted by Gasteiger charge is 2.71. The molecule has 3 aromatic rings. The summed E-state index contributed by atoms with van der Waals surface area (Å²) in [5.41, 5.74) is 5.17. The van der Waals surface area contributed by atoms with Crippen molar-refractivity contribution in [1.29, 1.82) is 0 Å². The molecule has 1 aliphatic carbocycles. The van der Waals surface area contributed by atoms with E-state index in [4.69, 9.17) is 10.5 Å². The van der Waals surface area contributed by atoms with E-state index in [0.717, 1.165) is 17.8 Å². The van der Waals surface area contributed by atoms with Crippen molar-refractivity contribution in [2.75, 3.05) is 11.9 Å². The van der Waals surface area contributed by atoms with Crippen LogP contribution < -0.4 is 15.8 Å². The zero-order valence-corrected chi connectivity index (χ0v) is 20.0. The molecule has 186 valence electrons. The van der Waals surface area contributed by atoms with Crippen LogP contribution in [-0.4, -0.2) is 37.9 Å². The summed E-state index contributed by atoms with van der Waals surface area (Å²) in [5.74, 6) is 2.94. The zero-order chi connectivity index (χ0) is 25.7. The Labute approximate surface area is 208 Å². The smallest absolute Gasteiger partial charge is 0.253 e. The number of nitrogens with zero attached hydrogens (tertiary/aromatic N) is 4. The molecule has 2 aliphatic rings. The number of benzene rings is 1. The van der Waals surface area contributed by atoms with Crippen LogP contribution in [0.1, 0.15) is 25.8 Å². The number of halogens is 4. The van der Waals surface area contributed by atoms with E-state index in [1.807, 2.05) is 0 Å². The number of rotatable bonds is 6. The Morgan fingerprint density at radius 2 is 2.11 bits per heavy atom. The van der Waals surface area contributed by atoms with Crippen molar-refractivity contribution in [1.82, 2.24) is 15.0 Å². The van der Waals surface area contributed by atoms with E-state index in [2.05, 4.69) is 37.1 Å². The Morgan fingerprint density at radius 3 is 2.86 bits per heavy atom. The lowest BCUT2D eigenvalue weighted by Crippen LogP contribution is -2.39. The molecule has 0 radical (unpaired) electrons. The number of ether oxygens (including phenoxy) is 1. The second kappa shape index (κ2) is 8.81. The van der Waals surface area contributed by atoms with E-state index in [1.165, 1.54) is 25.4 Å². The summed E-state index contributed by atoms with van der Waals surface area (Å²) < 4.78 is 61.5. The van der Waals surface area contributed by atoms with Crippen molar-refractivity contribution in [3.05, 3.63) is 47.8 Å². The van der Waals surface area contributed by atoms with Crippen LogP contribution in [0.2, 0.25) is 0 Å². The molecule has 0 bridgehead atoms. The number of hydrogen-bond acceptors (Lipinski definition) is 8. The van der Waals surface area contributed by atoms with Gasteiger partial charge in [0.1, 0.15) is 5.52 Å². The third kappa shape index (κ3) is 3.97. The highest BCUT2D eigenvalue weighted by atomic mass is 32.2. The summed E-state index contributed by atoms with van der Waals surface area (Å²) >= 11 is 0.796. The average Bonchev–Trinajstić information content (AvgIpc) is 3.58. The molecule has 5 rings (SSSR count). The first kappa shape index (κ1) is 24.1. The maximum atomic E-state index is 15.1. The number of hydrogen-bond donors (Lipinski definition) is 2. The molecule has 2 aromatic heterocycles. The van der Waals surface area contributed by atoms with Crippen LogP contribution in [0.3, 0.4) is 0 Å². The monoisotopic (exact) mass is 516 g/mol. The molecule has 0 saturated heterocycles. The minimum absolute atomic E-state index is 0.0846. The van der Waals surface area contributed by atoms with Gasteiger partial charge in [0.25, 0.3) is 6.43 Å². The number of aliphatic imine (C=N–C) groups is 1. The molecule has 1 saturated carbocycles. The molecular formula is C24H20F4N6OS. The van der Waals surface area contributed by atoms with Gasteiger partial charge in [-0.25, -0.2) is 32.5 Å². The van der Waals surface area contributed by atoms with Gasteiger partial charge in [-0.3, -0.25) is 4.99 Å². The molecule has 0 spiro atoms. The summed E-state index contributed by atoms with van der Waals surface area (Å²) in [7, 11) is 0. The molecule has 3 heterocycles. The fourth-order valence-electron chi connectivity index (χ4n) is 4.54. The van der Waals surface area contributed by atoms with Crippen molar-refractivity contribution in [3.63, 3.8) is 0 Å². The number of aromatic nitrogens is 3. The maximum absolute atomic E-state index is 15.1. The van der Waals surface area contributed by atoms with Crippen LogP contribution in [0, 0.1) is 29.4 Å². The van der Waals surface area contributed by atoms with Crippen LogP contribution in [0.5, 0.6) is 5.88 Å². The molecular weight excluding hydrogens is 496 g/mol. The third-order valence-electron chi connectivity index (χ3n) is 6.38. The number of nitrogens with one attached hydrogen (secondary N) is 1. The highest BCUT2D eigenvalue weighted by molar-refractivity contribution is 8.15. The van der Waals surface area contributed by atoms with E-state index < -0.39 is 34.3 Å². The first-order valence-electron chi connectivity index (χ1n) is 10.9. The fourth-order valence-corrected chi connectivity index (χ4v) is 5.88. The van der Waals surface area contributed by atoms with Gasteiger partial charge in [0.05, 0.1) is 22.0 Å². The van der Waals surface area contributed by atoms with Crippen LogP contribution in [0.4, 0.5) is 29.1 Å². The lowest BCUT2D eigenvalue weighted by molar-refractivity contribution is 0.123. The topological polar surface area (TPSA) is 98.3 Å². The molecule has 1 aliphatic heterocycles. The van der Waals surface area contributed by atoms with Crippen LogP contribution >= 0.6 is 11.8 Å². The number of amidine groups is 1. The third-order valence-corrected chi connectivity index (χ3v) is 7.69. The summed E-state index contributed by atoms with van der Waals surface area (Å²) in [6.45, 7) is 3.35. The van der Waals surface area contributed by atoms with E-state index in [-0.39, 0.29) is 41.1 Å². The van der Waals surface area contributed by atoms with Crippen LogP contribution in [0.25, 0.3) is 11.0 Å². The summed E-state index contributed by atoms with van der Waals surface area (Å²) in [6, 6.07) is 3.92.